The molecule has 1 saturated heterocycles. The summed E-state index contributed by atoms with van der Waals surface area (Å²) >= 11 is 0. The van der Waals surface area contributed by atoms with E-state index in [9.17, 15) is 14.9 Å². The van der Waals surface area contributed by atoms with E-state index in [1.807, 2.05) is 6.92 Å². The zero-order chi connectivity index (χ0) is 16.3. The number of benzene rings is 1. The largest absolute Gasteiger partial charge is 0.339 e. The summed E-state index contributed by atoms with van der Waals surface area (Å²) in [6.45, 7) is 6.97. The Morgan fingerprint density at radius 2 is 2.05 bits per heavy atom. The van der Waals surface area contributed by atoms with Crippen molar-refractivity contribution in [1.29, 1.82) is 0 Å². The molecule has 1 heterocycles. The van der Waals surface area contributed by atoms with Crippen molar-refractivity contribution in [2.45, 2.75) is 32.7 Å². The Labute approximate surface area is 130 Å². The number of likely N-dealkylation sites (tertiary alicyclic amines) is 1. The maximum Gasteiger partial charge on any atom is 0.270 e. The molecule has 1 aromatic carbocycles. The van der Waals surface area contributed by atoms with Crippen LogP contribution < -0.4 is 0 Å². The molecule has 6 nitrogen and oxygen atoms in total. The third kappa shape index (κ3) is 3.44. The number of nitrogens with zero attached hydrogens (tertiary/aromatic N) is 3. The first-order chi connectivity index (χ1) is 10.4. The summed E-state index contributed by atoms with van der Waals surface area (Å²) < 4.78 is 0. The average molecular weight is 305 g/mol. The van der Waals surface area contributed by atoms with E-state index >= 15 is 0 Å². The summed E-state index contributed by atoms with van der Waals surface area (Å²) in [5, 5.41) is 10.9. The minimum Gasteiger partial charge on any atom is -0.339 e. The van der Waals surface area contributed by atoms with Crippen molar-refractivity contribution in [3.05, 3.63) is 39.4 Å². The summed E-state index contributed by atoms with van der Waals surface area (Å²) in [6.07, 6.45) is 1.90. The van der Waals surface area contributed by atoms with Crippen LogP contribution >= 0.6 is 0 Å². The molecule has 0 atom stereocenters. The van der Waals surface area contributed by atoms with Crippen molar-refractivity contribution in [3.63, 3.8) is 0 Å². The van der Waals surface area contributed by atoms with Gasteiger partial charge >= 0.3 is 0 Å². The molecule has 1 amide bonds. The standard InChI is InChI=1S/C16H23N3O3/c1-4-18-9-7-13(8-10-18)17(3)16(20)15-11-14(19(21)22)6-5-12(15)2/h5-6,11,13H,4,7-10H2,1-3H3. The lowest BCUT2D eigenvalue weighted by molar-refractivity contribution is -0.384. The van der Waals surface area contributed by atoms with Gasteiger partial charge in [0.15, 0.2) is 0 Å². The zero-order valence-corrected chi connectivity index (χ0v) is 13.4. The van der Waals surface area contributed by atoms with E-state index in [4.69, 9.17) is 0 Å². The Bertz CT molecular complexity index is 566. The number of piperidine rings is 1. The summed E-state index contributed by atoms with van der Waals surface area (Å²) in [7, 11) is 1.80. The monoisotopic (exact) mass is 305 g/mol. The fourth-order valence-corrected chi connectivity index (χ4v) is 2.93. The molecule has 120 valence electrons. The first kappa shape index (κ1) is 16.4. The van der Waals surface area contributed by atoms with Gasteiger partial charge in [0.05, 0.1) is 4.92 Å². The van der Waals surface area contributed by atoms with Crippen molar-refractivity contribution in [2.24, 2.45) is 0 Å². The molecule has 1 aromatic rings. The van der Waals surface area contributed by atoms with Gasteiger partial charge in [-0.15, -0.1) is 0 Å². The Hall–Kier alpha value is -1.95. The molecular weight excluding hydrogens is 282 g/mol. The number of nitro groups is 1. The number of aryl methyl sites for hydroxylation is 1. The molecule has 0 N–H and O–H groups in total. The number of amides is 1. The Balaban J connectivity index is 2.14. The third-order valence-corrected chi connectivity index (χ3v) is 4.53. The summed E-state index contributed by atoms with van der Waals surface area (Å²) in [6, 6.07) is 4.66. The second-order valence-corrected chi connectivity index (χ2v) is 5.84. The van der Waals surface area contributed by atoms with E-state index in [1.54, 1.807) is 18.0 Å². The quantitative estimate of drug-likeness (QED) is 0.633. The molecule has 0 aliphatic carbocycles. The van der Waals surface area contributed by atoms with Crippen molar-refractivity contribution < 1.29 is 9.72 Å². The smallest absolute Gasteiger partial charge is 0.270 e. The van der Waals surface area contributed by atoms with Crippen molar-refractivity contribution in [3.8, 4) is 0 Å². The molecule has 0 bridgehead atoms. The molecule has 1 aliphatic rings. The van der Waals surface area contributed by atoms with Crippen LogP contribution in [0.1, 0.15) is 35.7 Å². The first-order valence-electron chi connectivity index (χ1n) is 7.68. The normalized spacial score (nSPS) is 16.5. The number of nitro benzene ring substituents is 1. The number of hydrogen-bond acceptors (Lipinski definition) is 4. The number of hydrogen-bond donors (Lipinski definition) is 0. The minimum atomic E-state index is -0.462. The minimum absolute atomic E-state index is 0.0387. The van der Waals surface area contributed by atoms with E-state index in [2.05, 4.69) is 11.8 Å². The lowest BCUT2D eigenvalue weighted by atomic mass is 10.0. The number of carbonyl (C=O) groups is 1. The predicted octanol–water partition coefficient (Wildman–Crippen LogP) is 2.46. The molecule has 0 unspecified atom stereocenters. The van der Waals surface area contributed by atoms with Gasteiger partial charge in [0.25, 0.3) is 11.6 Å². The highest BCUT2D eigenvalue weighted by molar-refractivity contribution is 5.96. The SMILES string of the molecule is CCN1CCC(N(C)C(=O)c2cc([N+](=O)[O-])ccc2C)CC1. The van der Waals surface area contributed by atoms with Gasteiger partial charge in [0, 0.05) is 43.9 Å². The topological polar surface area (TPSA) is 66.7 Å². The average Bonchev–Trinajstić information content (AvgIpc) is 2.53. The van der Waals surface area contributed by atoms with Gasteiger partial charge in [-0.2, -0.15) is 0 Å². The van der Waals surface area contributed by atoms with Gasteiger partial charge in [-0.25, -0.2) is 0 Å². The number of non-ortho nitro benzene ring substituents is 1. The molecule has 0 aromatic heterocycles. The fraction of sp³-hybridized carbons (Fsp3) is 0.562. The van der Waals surface area contributed by atoms with Crippen LogP contribution in [0.3, 0.4) is 0 Å². The Kier molecular flexibility index (Phi) is 5.13. The Morgan fingerprint density at radius 3 is 2.59 bits per heavy atom. The maximum atomic E-state index is 12.7. The molecule has 1 fully saturated rings. The summed E-state index contributed by atoms with van der Waals surface area (Å²) in [5.41, 5.74) is 1.16. The molecule has 1 aliphatic heterocycles. The van der Waals surface area contributed by atoms with Gasteiger partial charge in [-0.1, -0.05) is 13.0 Å². The number of carbonyl (C=O) groups excluding carboxylic acids is 1. The fourth-order valence-electron chi connectivity index (χ4n) is 2.93. The van der Waals surface area contributed by atoms with Crippen LogP contribution in [0.15, 0.2) is 18.2 Å². The van der Waals surface area contributed by atoms with Gasteiger partial charge in [-0.05, 0) is 31.9 Å². The van der Waals surface area contributed by atoms with Crippen molar-refractivity contribution in [2.75, 3.05) is 26.7 Å². The second-order valence-electron chi connectivity index (χ2n) is 5.84. The van der Waals surface area contributed by atoms with Crippen LogP contribution in [0.2, 0.25) is 0 Å². The van der Waals surface area contributed by atoms with Crippen LogP contribution in [0.5, 0.6) is 0 Å². The van der Waals surface area contributed by atoms with Gasteiger partial charge in [0.2, 0.25) is 0 Å². The van der Waals surface area contributed by atoms with Crippen LogP contribution in [-0.4, -0.2) is 53.4 Å². The molecular formula is C16H23N3O3. The second kappa shape index (κ2) is 6.87. The summed E-state index contributed by atoms with van der Waals surface area (Å²) in [4.78, 5) is 27.2. The lowest BCUT2D eigenvalue weighted by Crippen LogP contribution is -2.45. The van der Waals surface area contributed by atoms with Gasteiger partial charge < -0.3 is 9.80 Å². The molecule has 22 heavy (non-hydrogen) atoms. The highest BCUT2D eigenvalue weighted by Gasteiger charge is 2.26. The van der Waals surface area contributed by atoms with E-state index in [1.165, 1.54) is 12.1 Å². The molecule has 0 radical (unpaired) electrons. The van der Waals surface area contributed by atoms with E-state index in [-0.39, 0.29) is 17.6 Å². The van der Waals surface area contributed by atoms with Crippen LogP contribution in [0, 0.1) is 17.0 Å². The highest BCUT2D eigenvalue weighted by atomic mass is 16.6. The van der Waals surface area contributed by atoms with Gasteiger partial charge in [-0.3, -0.25) is 14.9 Å². The zero-order valence-electron chi connectivity index (χ0n) is 13.4. The van der Waals surface area contributed by atoms with E-state index in [0.29, 0.717) is 5.56 Å². The van der Waals surface area contributed by atoms with Crippen molar-refractivity contribution in [1.82, 2.24) is 9.80 Å². The lowest BCUT2D eigenvalue weighted by Gasteiger charge is -2.36. The van der Waals surface area contributed by atoms with Crippen LogP contribution in [-0.2, 0) is 0 Å². The number of rotatable bonds is 4. The summed E-state index contributed by atoms with van der Waals surface area (Å²) in [5.74, 6) is -0.129. The van der Waals surface area contributed by atoms with Crippen molar-refractivity contribution >= 4 is 11.6 Å². The van der Waals surface area contributed by atoms with Crippen LogP contribution in [0.25, 0.3) is 0 Å². The van der Waals surface area contributed by atoms with E-state index < -0.39 is 4.92 Å². The third-order valence-electron chi connectivity index (χ3n) is 4.53. The van der Waals surface area contributed by atoms with Gasteiger partial charge in [0.1, 0.15) is 0 Å². The molecule has 0 saturated carbocycles. The molecule has 6 heteroatoms. The highest BCUT2D eigenvalue weighted by Crippen LogP contribution is 2.22. The predicted molar refractivity (Wildman–Crippen MR) is 85.1 cm³/mol. The molecule has 0 spiro atoms. The maximum absolute atomic E-state index is 12.7. The van der Waals surface area contributed by atoms with Crippen LogP contribution in [0.4, 0.5) is 5.69 Å². The van der Waals surface area contributed by atoms with E-state index in [0.717, 1.165) is 38.0 Å². The Morgan fingerprint density at radius 1 is 1.41 bits per heavy atom. The molecule has 2 rings (SSSR count). The first-order valence-corrected chi connectivity index (χ1v) is 7.68.